The molecule has 2 aromatic carbocycles. The van der Waals surface area contributed by atoms with Gasteiger partial charge in [0.25, 0.3) is 0 Å². The summed E-state index contributed by atoms with van der Waals surface area (Å²) in [4.78, 5) is 28.8. The number of benzene rings is 2. The molecule has 7 nitrogen and oxygen atoms in total. The average Bonchev–Trinajstić information content (AvgIpc) is 2.94. The summed E-state index contributed by atoms with van der Waals surface area (Å²) < 4.78 is 2.84. The minimum absolute atomic E-state index is 0.0687. The maximum atomic E-state index is 12.9. The largest absolute Gasteiger partial charge is 0.381 e. The summed E-state index contributed by atoms with van der Waals surface area (Å²) in [5, 5.41) is 4.37. The Labute approximate surface area is 148 Å². The fraction of sp³-hybridized carbons (Fsp3) is 0.158. The van der Waals surface area contributed by atoms with E-state index in [0.717, 1.165) is 11.1 Å². The third kappa shape index (κ3) is 2.63. The van der Waals surface area contributed by atoms with Gasteiger partial charge in [-0.3, -0.25) is 4.79 Å². The normalized spacial score (nSPS) is 11.3. The number of hydrogen-bond donors (Lipinski definition) is 1. The molecule has 0 aliphatic rings. The van der Waals surface area contributed by atoms with E-state index < -0.39 is 0 Å². The summed E-state index contributed by atoms with van der Waals surface area (Å²) in [7, 11) is 0. The standard InChI is InChI=1S/C19H17N5O2/c1-12(25)10-13-6-2-3-7-14(13)11-23-19(26)24-16-9-5-4-8-15(16)21-17(20)18(24)22-23/h2-9H,10-11H2,1H3,(H2,20,21). The molecule has 0 aliphatic carbocycles. The van der Waals surface area contributed by atoms with Crippen molar-refractivity contribution in [1.82, 2.24) is 19.2 Å². The molecule has 0 fully saturated rings. The van der Waals surface area contributed by atoms with E-state index in [9.17, 15) is 9.59 Å². The number of nitrogens with two attached hydrogens (primary N) is 1. The Morgan fingerprint density at radius 3 is 2.54 bits per heavy atom. The lowest BCUT2D eigenvalue weighted by Crippen LogP contribution is -2.23. The minimum Gasteiger partial charge on any atom is -0.381 e. The molecular formula is C19H17N5O2. The molecule has 0 saturated heterocycles. The molecule has 0 bridgehead atoms. The first-order valence-electron chi connectivity index (χ1n) is 8.24. The molecule has 2 aromatic heterocycles. The molecule has 2 heterocycles. The second-order valence-electron chi connectivity index (χ2n) is 6.23. The van der Waals surface area contributed by atoms with Gasteiger partial charge in [-0.15, -0.1) is 5.10 Å². The monoisotopic (exact) mass is 347 g/mol. The molecule has 0 saturated carbocycles. The first kappa shape index (κ1) is 16.0. The minimum atomic E-state index is -0.289. The second-order valence-corrected chi connectivity index (χ2v) is 6.23. The van der Waals surface area contributed by atoms with Crippen molar-refractivity contribution in [3.05, 3.63) is 70.1 Å². The van der Waals surface area contributed by atoms with Crippen LogP contribution >= 0.6 is 0 Å². The lowest BCUT2D eigenvalue weighted by molar-refractivity contribution is -0.116. The Morgan fingerprint density at radius 2 is 1.77 bits per heavy atom. The van der Waals surface area contributed by atoms with Crippen LogP contribution in [0.5, 0.6) is 0 Å². The number of rotatable bonds is 4. The van der Waals surface area contributed by atoms with E-state index in [0.29, 0.717) is 23.1 Å². The van der Waals surface area contributed by atoms with Crippen LogP contribution in [0.15, 0.2) is 53.3 Å². The van der Waals surface area contributed by atoms with Crippen molar-refractivity contribution in [3.63, 3.8) is 0 Å². The van der Waals surface area contributed by atoms with Crippen LogP contribution < -0.4 is 11.4 Å². The first-order valence-corrected chi connectivity index (χ1v) is 8.24. The van der Waals surface area contributed by atoms with Crippen LogP contribution in [0.1, 0.15) is 18.1 Å². The van der Waals surface area contributed by atoms with Crippen molar-refractivity contribution in [1.29, 1.82) is 0 Å². The summed E-state index contributed by atoms with van der Waals surface area (Å²) in [6.07, 6.45) is 0.324. The zero-order valence-electron chi connectivity index (χ0n) is 14.2. The van der Waals surface area contributed by atoms with Gasteiger partial charge in [-0.25, -0.2) is 18.9 Å². The van der Waals surface area contributed by atoms with Crippen LogP contribution in [-0.2, 0) is 17.8 Å². The molecule has 0 aliphatic heterocycles. The Morgan fingerprint density at radius 1 is 1.08 bits per heavy atom. The fourth-order valence-electron chi connectivity index (χ4n) is 3.14. The van der Waals surface area contributed by atoms with E-state index in [1.807, 2.05) is 42.5 Å². The Kier molecular flexibility index (Phi) is 3.76. The maximum absolute atomic E-state index is 12.9. The molecule has 0 spiro atoms. The van der Waals surface area contributed by atoms with Gasteiger partial charge in [0.1, 0.15) is 5.78 Å². The Balaban J connectivity index is 1.88. The molecule has 0 radical (unpaired) electrons. The highest BCUT2D eigenvalue weighted by molar-refractivity contribution is 5.81. The van der Waals surface area contributed by atoms with E-state index >= 15 is 0 Å². The van der Waals surface area contributed by atoms with Gasteiger partial charge in [0.15, 0.2) is 5.82 Å². The lowest BCUT2D eigenvalue weighted by atomic mass is 10.0. The predicted octanol–water partition coefficient (Wildman–Crippen LogP) is 1.81. The molecule has 7 heteroatoms. The summed E-state index contributed by atoms with van der Waals surface area (Å²) in [6.45, 7) is 1.81. The van der Waals surface area contributed by atoms with E-state index in [4.69, 9.17) is 5.73 Å². The molecule has 130 valence electrons. The second kappa shape index (κ2) is 6.11. The van der Waals surface area contributed by atoms with E-state index in [1.165, 1.54) is 9.08 Å². The van der Waals surface area contributed by atoms with Crippen molar-refractivity contribution >= 4 is 28.3 Å². The number of carbonyl (C=O) groups excluding carboxylic acids is 1. The molecule has 0 atom stereocenters. The molecule has 4 aromatic rings. The average molecular weight is 347 g/mol. The maximum Gasteiger partial charge on any atom is 0.351 e. The highest BCUT2D eigenvalue weighted by atomic mass is 16.2. The Bertz CT molecular complexity index is 1210. The van der Waals surface area contributed by atoms with Crippen molar-refractivity contribution in [2.75, 3.05) is 5.73 Å². The van der Waals surface area contributed by atoms with E-state index in [2.05, 4.69) is 10.1 Å². The van der Waals surface area contributed by atoms with Crippen molar-refractivity contribution < 1.29 is 4.79 Å². The zero-order chi connectivity index (χ0) is 18.3. The Hall–Kier alpha value is -3.48. The molecular weight excluding hydrogens is 330 g/mol. The number of carbonyl (C=O) groups is 1. The molecule has 0 unspecified atom stereocenters. The van der Waals surface area contributed by atoms with Gasteiger partial charge in [-0.05, 0) is 30.2 Å². The summed E-state index contributed by atoms with van der Waals surface area (Å²) in [5.74, 6) is 0.274. The highest BCUT2D eigenvalue weighted by Crippen LogP contribution is 2.17. The quantitative estimate of drug-likeness (QED) is 0.607. The smallest absolute Gasteiger partial charge is 0.351 e. The van der Waals surface area contributed by atoms with Crippen molar-refractivity contribution in [2.24, 2.45) is 0 Å². The molecule has 2 N–H and O–H groups in total. The van der Waals surface area contributed by atoms with E-state index in [-0.39, 0.29) is 23.8 Å². The van der Waals surface area contributed by atoms with Gasteiger partial charge < -0.3 is 5.73 Å². The third-order valence-corrected chi connectivity index (χ3v) is 4.31. The van der Waals surface area contributed by atoms with Gasteiger partial charge >= 0.3 is 5.69 Å². The number of para-hydroxylation sites is 2. The van der Waals surface area contributed by atoms with Crippen LogP contribution in [-0.4, -0.2) is 24.9 Å². The van der Waals surface area contributed by atoms with Crippen LogP contribution in [0.4, 0.5) is 5.82 Å². The number of ketones is 1. The summed E-state index contributed by atoms with van der Waals surface area (Å²) in [6, 6.07) is 14.8. The van der Waals surface area contributed by atoms with E-state index in [1.54, 1.807) is 13.0 Å². The molecule has 26 heavy (non-hydrogen) atoms. The van der Waals surface area contributed by atoms with Gasteiger partial charge in [0, 0.05) is 6.42 Å². The number of fused-ring (bicyclic) bond motifs is 3. The van der Waals surface area contributed by atoms with Crippen molar-refractivity contribution in [2.45, 2.75) is 19.9 Å². The van der Waals surface area contributed by atoms with Gasteiger partial charge in [0.05, 0.1) is 17.6 Å². The number of anilines is 1. The molecule has 4 rings (SSSR count). The number of nitrogen functional groups attached to an aromatic ring is 1. The fourth-order valence-corrected chi connectivity index (χ4v) is 3.14. The van der Waals surface area contributed by atoms with Gasteiger partial charge in [-0.1, -0.05) is 36.4 Å². The third-order valence-electron chi connectivity index (χ3n) is 4.31. The number of Topliss-reactive ketones (excluding diaryl/α,β-unsaturated/α-hetero) is 1. The zero-order valence-corrected chi connectivity index (χ0v) is 14.2. The number of aromatic nitrogens is 4. The van der Waals surface area contributed by atoms with Crippen molar-refractivity contribution in [3.8, 4) is 0 Å². The first-order chi connectivity index (χ1) is 12.5. The lowest BCUT2D eigenvalue weighted by Gasteiger charge is -2.07. The van der Waals surface area contributed by atoms with Crippen LogP contribution in [0.25, 0.3) is 16.7 Å². The number of nitrogens with zero attached hydrogens (tertiary/aromatic N) is 4. The summed E-state index contributed by atoms with van der Waals surface area (Å²) in [5.41, 5.74) is 9.10. The SMILES string of the molecule is CC(=O)Cc1ccccc1Cn1nc2c(N)nc3ccccc3n2c1=O. The molecule has 0 amide bonds. The highest BCUT2D eigenvalue weighted by Gasteiger charge is 2.15. The van der Waals surface area contributed by atoms with Crippen LogP contribution in [0, 0.1) is 0 Å². The van der Waals surface area contributed by atoms with Crippen LogP contribution in [0.3, 0.4) is 0 Å². The van der Waals surface area contributed by atoms with Gasteiger partial charge in [0.2, 0.25) is 5.65 Å². The van der Waals surface area contributed by atoms with Crippen LogP contribution in [0.2, 0.25) is 0 Å². The van der Waals surface area contributed by atoms with Gasteiger partial charge in [-0.2, -0.15) is 0 Å². The summed E-state index contributed by atoms with van der Waals surface area (Å²) >= 11 is 0. The topological polar surface area (TPSA) is 95.3 Å². The predicted molar refractivity (Wildman–Crippen MR) is 99.1 cm³/mol. The number of hydrogen-bond acceptors (Lipinski definition) is 5.